The van der Waals surface area contributed by atoms with Crippen LogP contribution in [0.3, 0.4) is 0 Å². The van der Waals surface area contributed by atoms with Crippen molar-refractivity contribution >= 4 is 5.91 Å². The van der Waals surface area contributed by atoms with E-state index in [4.69, 9.17) is 10.5 Å². The first-order valence-corrected chi connectivity index (χ1v) is 8.71. The minimum Gasteiger partial charge on any atom is -0.497 e. The van der Waals surface area contributed by atoms with E-state index in [-0.39, 0.29) is 11.9 Å². The van der Waals surface area contributed by atoms with Gasteiger partial charge < -0.3 is 15.8 Å². The third-order valence-corrected chi connectivity index (χ3v) is 4.95. The fraction of sp³-hybridized carbons (Fsp3) is 0.500. The molecule has 3 N–H and O–H groups in total. The molecule has 2 atom stereocenters. The van der Waals surface area contributed by atoms with E-state index in [2.05, 4.69) is 15.6 Å². The van der Waals surface area contributed by atoms with Gasteiger partial charge in [-0.1, -0.05) is 18.1 Å². The molecule has 0 bridgehead atoms. The summed E-state index contributed by atoms with van der Waals surface area (Å²) in [5.41, 5.74) is 7.75. The fourth-order valence-electron chi connectivity index (χ4n) is 3.42. The van der Waals surface area contributed by atoms with Crippen molar-refractivity contribution in [3.63, 3.8) is 0 Å². The summed E-state index contributed by atoms with van der Waals surface area (Å²) >= 11 is 0. The lowest BCUT2D eigenvalue weighted by Crippen LogP contribution is -2.45. The molecule has 1 aromatic carbocycles. The number of hydrogen-bond acceptors (Lipinski definition) is 5. The fourth-order valence-corrected chi connectivity index (χ4v) is 3.42. The first-order chi connectivity index (χ1) is 12.1. The van der Waals surface area contributed by atoms with Gasteiger partial charge in [0, 0.05) is 6.04 Å². The van der Waals surface area contributed by atoms with Gasteiger partial charge >= 0.3 is 0 Å². The molecule has 1 fully saturated rings. The predicted molar refractivity (Wildman–Crippen MR) is 94.9 cm³/mol. The zero-order valence-corrected chi connectivity index (χ0v) is 14.7. The summed E-state index contributed by atoms with van der Waals surface area (Å²) in [6.45, 7) is 2.45. The number of nitrogens with one attached hydrogen (secondary N) is 1. The summed E-state index contributed by atoms with van der Waals surface area (Å²) in [4.78, 5) is 12.7. The maximum atomic E-state index is 12.7. The number of amides is 1. The standard InChI is InChI=1S/C18H25N5O2/c1-12-17(18(24)20-16-6-4-3-5-13(16)11-19)21-22-23(12)14-7-9-15(25-2)10-8-14/h7-10,13,16H,3-6,11,19H2,1-2H3,(H,20,24). The van der Waals surface area contributed by atoms with Gasteiger partial charge in [0.05, 0.1) is 18.5 Å². The van der Waals surface area contributed by atoms with E-state index in [1.165, 1.54) is 6.42 Å². The van der Waals surface area contributed by atoms with Crippen LogP contribution in [0.25, 0.3) is 5.69 Å². The summed E-state index contributed by atoms with van der Waals surface area (Å²) < 4.78 is 6.83. The Morgan fingerprint density at radius 2 is 2.04 bits per heavy atom. The number of rotatable bonds is 5. The Balaban J connectivity index is 1.76. The van der Waals surface area contributed by atoms with Gasteiger partial charge in [-0.15, -0.1) is 5.10 Å². The molecule has 1 aromatic heterocycles. The summed E-state index contributed by atoms with van der Waals surface area (Å²) in [6, 6.07) is 7.59. The maximum Gasteiger partial charge on any atom is 0.273 e. The number of nitrogens with zero attached hydrogens (tertiary/aromatic N) is 3. The second-order valence-electron chi connectivity index (χ2n) is 6.49. The van der Waals surface area contributed by atoms with Crippen LogP contribution >= 0.6 is 0 Å². The van der Waals surface area contributed by atoms with Crippen LogP contribution in [0.5, 0.6) is 5.75 Å². The Morgan fingerprint density at radius 1 is 1.32 bits per heavy atom. The lowest BCUT2D eigenvalue weighted by molar-refractivity contribution is 0.0902. The zero-order chi connectivity index (χ0) is 17.8. The average molecular weight is 343 g/mol. The molecule has 1 aliphatic rings. The van der Waals surface area contributed by atoms with E-state index in [1.807, 2.05) is 31.2 Å². The third-order valence-electron chi connectivity index (χ3n) is 4.95. The summed E-state index contributed by atoms with van der Waals surface area (Å²) in [6.07, 6.45) is 4.35. The minimum absolute atomic E-state index is 0.122. The molecule has 0 spiro atoms. The van der Waals surface area contributed by atoms with Gasteiger partial charge in [-0.05, 0) is 56.5 Å². The van der Waals surface area contributed by atoms with E-state index >= 15 is 0 Å². The SMILES string of the molecule is COc1ccc(-n2nnc(C(=O)NC3CCCCC3CN)c2C)cc1. The first kappa shape index (κ1) is 17.4. The minimum atomic E-state index is -0.178. The molecule has 2 unspecified atom stereocenters. The van der Waals surface area contributed by atoms with Gasteiger partial charge in [-0.3, -0.25) is 4.79 Å². The quantitative estimate of drug-likeness (QED) is 0.863. The maximum absolute atomic E-state index is 12.7. The Kier molecular flexibility index (Phi) is 5.33. The molecule has 2 aromatic rings. The van der Waals surface area contributed by atoms with Crippen molar-refractivity contribution in [2.24, 2.45) is 11.7 Å². The van der Waals surface area contributed by atoms with E-state index < -0.39 is 0 Å². The van der Waals surface area contributed by atoms with Crippen LogP contribution < -0.4 is 15.8 Å². The Morgan fingerprint density at radius 3 is 2.72 bits per heavy atom. The lowest BCUT2D eigenvalue weighted by atomic mass is 9.84. The van der Waals surface area contributed by atoms with E-state index in [0.717, 1.165) is 30.7 Å². The zero-order valence-electron chi connectivity index (χ0n) is 14.7. The van der Waals surface area contributed by atoms with Gasteiger partial charge in [0.2, 0.25) is 0 Å². The van der Waals surface area contributed by atoms with Crippen molar-refractivity contribution < 1.29 is 9.53 Å². The smallest absolute Gasteiger partial charge is 0.273 e. The molecule has 1 saturated carbocycles. The van der Waals surface area contributed by atoms with Crippen molar-refractivity contribution in [3.05, 3.63) is 35.7 Å². The highest BCUT2D eigenvalue weighted by atomic mass is 16.5. The van der Waals surface area contributed by atoms with Crippen molar-refractivity contribution in [1.29, 1.82) is 0 Å². The van der Waals surface area contributed by atoms with Crippen LogP contribution in [0.15, 0.2) is 24.3 Å². The number of benzene rings is 1. The van der Waals surface area contributed by atoms with Gasteiger partial charge in [0.25, 0.3) is 5.91 Å². The van der Waals surface area contributed by atoms with Gasteiger partial charge in [-0.2, -0.15) is 0 Å². The first-order valence-electron chi connectivity index (χ1n) is 8.71. The summed E-state index contributed by atoms with van der Waals surface area (Å²) in [7, 11) is 1.62. The number of ether oxygens (including phenoxy) is 1. The van der Waals surface area contributed by atoms with Crippen molar-refractivity contribution in [2.45, 2.75) is 38.6 Å². The van der Waals surface area contributed by atoms with E-state index in [1.54, 1.807) is 11.8 Å². The molecule has 0 aliphatic heterocycles. The molecule has 0 saturated heterocycles. The monoisotopic (exact) mass is 343 g/mol. The van der Waals surface area contributed by atoms with Gasteiger partial charge in [0.15, 0.2) is 5.69 Å². The molecule has 1 amide bonds. The number of methoxy groups -OCH3 is 1. The molecule has 7 nitrogen and oxygen atoms in total. The molecule has 1 aliphatic carbocycles. The van der Waals surface area contributed by atoms with E-state index in [0.29, 0.717) is 23.9 Å². The normalized spacial score (nSPS) is 20.3. The number of hydrogen-bond donors (Lipinski definition) is 2. The number of aromatic nitrogens is 3. The summed E-state index contributed by atoms with van der Waals surface area (Å²) in [5, 5.41) is 11.3. The molecular weight excluding hydrogens is 318 g/mol. The number of nitrogens with two attached hydrogens (primary N) is 1. The van der Waals surface area contributed by atoms with E-state index in [9.17, 15) is 4.79 Å². The van der Waals surface area contributed by atoms with Crippen LogP contribution in [0, 0.1) is 12.8 Å². The third kappa shape index (κ3) is 3.66. The summed E-state index contributed by atoms with van der Waals surface area (Å²) in [5.74, 6) is 0.932. The van der Waals surface area contributed by atoms with Gasteiger partial charge in [-0.25, -0.2) is 4.68 Å². The largest absolute Gasteiger partial charge is 0.497 e. The number of carbonyl (C=O) groups is 1. The number of carbonyl (C=O) groups excluding carboxylic acids is 1. The second kappa shape index (κ2) is 7.65. The van der Waals surface area contributed by atoms with Crippen molar-refractivity contribution in [3.8, 4) is 11.4 Å². The highest BCUT2D eigenvalue weighted by Gasteiger charge is 2.27. The molecule has 25 heavy (non-hydrogen) atoms. The van der Waals surface area contributed by atoms with Crippen LogP contribution in [-0.4, -0.2) is 40.6 Å². The van der Waals surface area contributed by atoms with Crippen LogP contribution in [0.1, 0.15) is 41.9 Å². The lowest BCUT2D eigenvalue weighted by Gasteiger charge is -2.31. The molecule has 7 heteroatoms. The molecule has 3 rings (SSSR count). The van der Waals surface area contributed by atoms with Crippen LogP contribution in [-0.2, 0) is 0 Å². The van der Waals surface area contributed by atoms with Crippen LogP contribution in [0.2, 0.25) is 0 Å². The highest BCUT2D eigenvalue weighted by Crippen LogP contribution is 2.24. The molecular formula is C18H25N5O2. The predicted octanol–water partition coefficient (Wildman–Crippen LogP) is 1.83. The molecule has 134 valence electrons. The van der Waals surface area contributed by atoms with Crippen LogP contribution in [0.4, 0.5) is 0 Å². The molecule has 1 heterocycles. The average Bonchev–Trinajstić information content (AvgIpc) is 3.03. The Bertz CT molecular complexity index is 726. The topological polar surface area (TPSA) is 95.1 Å². The highest BCUT2D eigenvalue weighted by molar-refractivity contribution is 5.93. The Labute approximate surface area is 147 Å². The van der Waals surface area contributed by atoms with Crippen molar-refractivity contribution in [1.82, 2.24) is 20.3 Å². The second-order valence-corrected chi connectivity index (χ2v) is 6.49. The van der Waals surface area contributed by atoms with Gasteiger partial charge in [0.1, 0.15) is 5.75 Å². The Hall–Kier alpha value is -2.41. The van der Waals surface area contributed by atoms with Crippen molar-refractivity contribution in [2.75, 3.05) is 13.7 Å². The molecule has 0 radical (unpaired) electrons.